The number of hydrogen-bond acceptors (Lipinski definition) is 2. The Bertz CT molecular complexity index is 232. The molecule has 0 aliphatic carbocycles. The van der Waals surface area contributed by atoms with Gasteiger partial charge in [0.1, 0.15) is 5.75 Å². The molecule has 0 unspecified atom stereocenters. The third-order valence-corrected chi connectivity index (χ3v) is 3.32. The molecule has 0 bridgehead atoms. The molecular weight excluding hydrogens is 247 g/mol. The molecule has 0 N–H and O–H groups in total. The molecule has 0 aliphatic rings. The fourth-order valence-corrected chi connectivity index (χ4v) is 2.34. The second-order valence-corrected chi connectivity index (χ2v) is 3.70. The molecule has 1 aromatic rings. The maximum Gasteiger partial charge on any atom is 0.134 e. The van der Waals surface area contributed by atoms with E-state index in [4.69, 9.17) is 15.4 Å². The third kappa shape index (κ3) is 2.04. The van der Waals surface area contributed by atoms with E-state index in [-0.39, 0.29) is 0 Å². The van der Waals surface area contributed by atoms with Crippen LogP contribution < -0.4 is 4.74 Å². The van der Waals surface area contributed by atoms with E-state index in [0.717, 1.165) is 15.1 Å². The number of hydrogen-bond donors (Lipinski definition) is 0. The summed E-state index contributed by atoms with van der Waals surface area (Å²) in [6.07, 6.45) is 0. The van der Waals surface area contributed by atoms with Crippen molar-refractivity contribution < 1.29 is 4.74 Å². The zero-order chi connectivity index (χ0) is 8.27. The number of rotatable bonds is 2. The van der Waals surface area contributed by atoms with Crippen LogP contribution in [0.25, 0.3) is 0 Å². The summed E-state index contributed by atoms with van der Waals surface area (Å²) in [5, 5.41) is 0. The maximum atomic E-state index is 5.59. The molecule has 1 nitrogen and oxygen atoms in total. The van der Waals surface area contributed by atoms with E-state index in [9.17, 15) is 0 Å². The van der Waals surface area contributed by atoms with Gasteiger partial charge in [0, 0.05) is 4.90 Å². The highest BCUT2D eigenvalue weighted by molar-refractivity contribution is 9.10. The van der Waals surface area contributed by atoms with Gasteiger partial charge in [0.05, 0.1) is 11.6 Å². The topological polar surface area (TPSA) is 9.23 Å². The summed E-state index contributed by atoms with van der Waals surface area (Å²) in [6.45, 7) is 0. The third-order valence-electron chi connectivity index (χ3n) is 1.23. The Morgan fingerprint density at radius 2 is 2.27 bits per heavy atom. The van der Waals surface area contributed by atoms with Crippen molar-refractivity contribution in [3.05, 3.63) is 22.7 Å². The summed E-state index contributed by atoms with van der Waals surface area (Å²) in [4.78, 5) is 0.964. The van der Waals surface area contributed by atoms with Crippen LogP contribution in [-0.4, -0.2) is 7.11 Å². The molecule has 0 aromatic heterocycles. The highest BCUT2D eigenvalue weighted by Crippen LogP contribution is 2.36. The molecule has 0 spiro atoms. The number of benzene rings is 1. The second kappa shape index (κ2) is 4.24. The Hall–Kier alpha value is 0.140. The van der Waals surface area contributed by atoms with Crippen LogP contribution in [-0.2, 0) is 0 Å². The first-order chi connectivity index (χ1) is 5.29. The minimum absolute atomic E-state index is 0.802. The fraction of sp³-hybridized carbons (Fsp3) is 0.143. The molecule has 1 rings (SSSR count). The Kier molecular flexibility index (Phi) is 3.55. The van der Waals surface area contributed by atoms with Crippen molar-refractivity contribution in [2.75, 3.05) is 7.11 Å². The van der Waals surface area contributed by atoms with Crippen LogP contribution in [0.4, 0.5) is 0 Å². The van der Waals surface area contributed by atoms with Crippen molar-refractivity contribution in [1.29, 1.82) is 0 Å². The second-order valence-electron chi connectivity index (χ2n) is 1.85. The molecule has 0 aliphatic heterocycles. The van der Waals surface area contributed by atoms with E-state index < -0.39 is 0 Å². The van der Waals surface area contributed by atoms with Crippen molar-refractivity contribution in [3.8, 4) is 5.75 Å². The van der Waals surface area contributed by atoms with E-state index in [1.807, 2.05) is 18.2 Å². The van der Waals surface area contributed by atoms with Gasteiger partial charge in [-0.3, -0.25) is 0 Å². The van der Waals surface area contributed by atoms with Gasteiger partial charge >= 0.3 is 0 Å². The lowest BCUT2D eigenvalue weighted by Crippen LogP contribution is -1.84. The summed E-state index contributed by atoms with van der Waals surface area (Å²) < 4.78 is 5.97. The molecule has 0 saturated heterocycles. The normalized spacial score (nSPS) is 9.73. The minimum atomic E-state index is 0.802. The van der Waals surface area contributed by atoms with Gasteiger partial charge in [-0.2, -0.15) is 0 Å². The Morgan fingerprint density at radius 1 is 1.55 bits per heavy atom. The van der Waals surface area contributed by atoms with Crippen LogP contribution in [0.2, 0.25) is 0 Å². The van der Waals surface area contributed by atoms with Gasteiger partial charge in [-0.15, -0.1) is 0 Å². The number of methoxy groups -OCH3 is 1. The van der Waals surface area contributed by atoms with Crippen LogP contribution in [0.3, 0.4) is 0 Å². The van der Waals surface area contributed by atoms with Crippen molar-refractivity contribution in [2.45, 2.75) is 4.90 Å². The average molecular weight is 254 g/mol. The van der Waals surface area contributed by atoms with Crippen molar-refractivity contribution in [2.24, 2.45) is 0 Å². The molecule has 60 valence electrons. The lowest BCUT2D eigenvalue weighted by atomic mass is 10.3. The largest absolute Gasteiger partial charge is 0.496 e. The first kappa shape index (κ1) is 9.23. The van der Waals surface area contributed by atoms with Gasteiger partial charge < -0.3 is 4.74 Å². The predicted octanol–water partition coefficient (Wildman–Crippen LogP) is 3.70. The van der Waals surface area contributed by atoms with Gasteiger partial charge in [0.25, 0.3) is 0 Å². The van der Waals surface area contributed by atoms with E-state index in [2.05, 4.69) is 15.9 Å². The van der Waals surface area contributed by atoms with E-state index in [1.54, 1.807) is 7.11 Å². The van der Waals surface area contributed by atoms with Crippen LogP contribution in [0.15, 0.2) is 27.6 Å². The first-order valence-electron chi connectivity index (χ1n) is 2.90. The monoisotopic (exact) mass is 252 g/mol. The highest BCUT2D eigenvalue weighted by Gasteiger charge is 2.04. The molecule has 0 fully saturated rings. The van der Waals surface area contributed by atoms with Gasteiger partial charge in [-0.25, -0.2) is 0 Å². The van der Waals surface area contributed by atoms with Gasteiger partial charge in [0.2, 0.25) is 0 Å². The summed E-state index contributed by atoms with van der Waals surface area (Å²) in [5.74, 6) is 0.802. The molecular formula is C7H6BrClOS. The zero-order valence-electron chi connectivity index (χ0n) is 5.80. The summed E-state index contributed by atoms with van der Waals surface area (Å²) in [5.41, 5.74) is 0. The molecule has 1 aromatic carbocycles. The van der Waals surface area contributed by atoms with Gasteiger partial charge in [0.15, 0.2) is 0 Å². The highest BCUT2D eigenvalue weighted by atomic mass is 79.9. The fourth-order valence-electron chi connectivity index (χ4n) is 0.708. The molecule has 0 atom stereocenters. The number of halogens is 2. The molecule has 4 heteroatoms. The van der Waals surface area contributed by atoms with Crippen LogP contribution in [0, 0.1) is 0 Å². The zero-order valence-corrected chi connectivity index (χ0v) is 8.96. The maximum absolute atomic E-state index is 5.59. The van der Waals surface area contributed by atoms with E-state index in [1.165, 1.54) is 11.0 Å². The van der Waals surface area contributed by atoms with Crippen LogP contribution in [0.1, 0.15) is 0 Å². The van der Waals surface area contributed by atoms with Gasteiger partial charge in [-0.1, -0.05) is 6.07 Å². The molecule has 0 saturated carbocycles. The average Bonchev–Trinajstić information content (AvgIpc) is 2.05. The van der Waals surface area contributed by atoms with E-state index in [0.29, 0.717) is 0 Å². The first-order valence-corrected chi connectivity index (χ1v) is 5.34. The van der Waals surface area contributed by atoms with Crippen molar-refractivity contribution in [3.63, 3.8) is 0 Å². The predicted molar refractivity (Wildman–Crippen MR) is 52.4 cm³/mol. The summed E-state index contributed by atoms with van der Waals surface area (Å²) in [7, 11) is 8.39. The van der Waals surface area contributed by atoms with E-state index >= 15 is 0 Å². The van der Waals surface area contributed by atoms with Crippen LogP contribution >= 0.6 is 37.6 Å². The lowest BCUT2D eigenvalue weighted by Gasteiger charge is -2.04. The molecule has 0 heterocycles. The van der Waals surface area contributed by atoms with Gasteiger partial charge in [-0.05, 0) is 49.7 Å². The Morgan fingerprint density at radius 3 is 2.82 bits per heavy atom. The number of ether oxygens (including phenoxy) is 1. The summed E-state index contributed by atoms with van der Waals surface area (Å²) >= 11 is 3.37. The van der Waals surface area contributed by atoms with Crippen molar-refractivity contribution >= 4 is 37.6 Å². The summed E-state index contributed by atoms with van der Waals surface area (Å²) in [6, 6.07) is 5.69. The van der Waals surface area contributed by atoms with Crippen LogP contribution in [0.5, 0.6) is 5.75 Å². The molecule has 11 heavy (non-hydrogen) atoms. The van der Waals surface area contributed by atoms with Crippen molar-refractivity contribution in [1.82, 2.24) is 0 Å². The lowest BCUT2D eigenvalue weighted by molar-refractivity contribution is 0.411. The quantitative estimate of drug-likeness (QED) is 0.795. The standard InChI is InChI=1S/C7H6BrClOS/c1-10-5-3-2-4-6(11-9)7(5)8/h2-4H,1H3. The minimum Gasteiger partial charge on any atom is -0.496 e. The SMILES string of the molecule is COc1cccc(SCl)c1Br. The smallest absolute Gasteiger partial charge is 0.134 e. The Balaban J connectivity index is 3.10. The molecule has 0 radical (unpaired) electrons. The molecule has 0 amide bonds. The Labute approximate surface area is 82.7 Å².